The molecule has 1 heterocycles. The molecule has 130 valence electrons. The minimum atomic E-state index is -0.557. The number of carbonyl (C=O) groups is 2. The van der Waals surface area contributed by atoms with E-state index in [4.69, 9.17) is 4.74 Å². The number of fused-ring (bicyclic) bond motifs is 1. The predicted octanol–water partition coefficient (Wildman–Crippen LogP) is 3.63. The standard InChI is InChI=1S/C21H23NO3/c1-3-20(23)17-8-10-19(11-9-17)25-15(2)21(24)22-13-12-16-6-4-5-7-18(16)14-22/h4-11,15H,3,12-14H2,1-2H3/t15-/m0/s1. The summed E-state index contributed by atoms with van der Waals surface area (Å²) in [5.41, 5.74) is 3.19. The molecule has 0 unspecified atom stereocenters. The van der Waals surface area contributed by atoms with Crippen LogP contribution in [0.5, 0.6) is 5.75 Å². The summed E-state index contributed by atoms with van der Waals surface area (Å²) in [6.07, 6.45) is 0.798. The second kappa shape index (κ2) is 7.51. The molecule has 0 saturated heterocycles. The number of Topliss-reactive ketones (excluding diaryl/α,β-unsaturated/α-hetero) is 1. The van der Waals surface area contributed by atoms with Crippen LogP contribution in [-0.2, 0) is 17.8 Å². The van der Waals surface area contributed by atoms with E-state index in [0.717, 1.165) is 6.42 Å². The zero-order valence-corrected chi connectivity index (χ0v) is 14.7. The van der Waals surface area contributed by atoms with Crippen molar-refractivity contribution in [3.05, 3.63) is 65.2 Å². The van der Waals surface area contributed by atoms with Crippen LogP contribution in [0.3, 0.4) is 0 Å². The molecule has 1 amide bonds. The van der Waals surface area contributed by atoms with Crippen LogP contribution < -0.4 is 4.74 Å². The highest BCUT2D eigenvalue weighted by Gasteiger charge is 2.25. The second-order valence-electron chi connectivity index (χ2n) is 6.34. The highest BCUT2D eigenvalue weighted by molar-refractivity contribution is 5.95. The van der Waals surface area contributed by atoms with Crippen molar-refractivity contribution in [2.75, 3.05) is 6.54 Å². The van der Waals surface area contributed by atoms with E-state index in [0.29, 0.717) is 30.8 Å². The molecule has 25 heavy (non-hydrogen) atoms. The molecular weight excluding hydrogens is 314 g/mol. The molecule has 0 aliphatic carbocycles. The fourth-order valence-corrected chi connectivity index (χ4v) is 3.12. The normalized spacial score (nSPS) is 14.6. The molecule has 0 saturated carbocycles. The van der Waals surface area contributed by atoms with Gasteiger partial charge in [0.1, 0.15) is 5.75 Å². The van der Waals surface area contributed by atoms with Crippen LogP contribution in [0.1, 0.15) is 41.8 Å². The smallest absolute Gasteiger partial charge is 0.263 e. The van der Waals surface area contributed by atoms with Crippen LogP contribution in [0.4, 0.5) is 0 Å². The van der Waals surface area contributed by atoms with Crippen molar-refractivity contribution < 1.29 is 14.3 Å². The highest BCUT2D eigenvalue weighted by Crippen LogP contribution is 2.21. The molecule has 2 aromatic rings. The Kier molecular flexibility index (Phi) is 5.17. The van der Waals surface area contributed by atoms with Crippen LogP contribution >= 0.6 is 0 Å². The molecule has 2 aromatic carbocycles. The van der Waals surface area contributed by atoms with Gasteiger partial charge in [-0.05, 0) is 48.7 Å². The van der Waals surface area contributed by atoms with Gasteiger partial charge in [0.15, 0.2) is 11.9 Å². The molecule has 1 atom stereocenters. The number of ether oxygens (including phenoxy) is 1. The van der Waals surface area contributed by atoms with Crippen LogP contribution in [0.15, 0.2) is 48.5 Å². The van der Waals surface area contributed by atoms with Crippen molar-refractivity contribution in [1.29, 1.82) is 0 Å². The van der Waals surface area contributed by atoms with E-state index in [1.165, 1.54) is 11.1 Å². The summed E-state index contributed by atoms with van der Waals surface area (Å²) in [5, 5.41) is 0. The monoisotopic (exact) mass is 337 g/mol. The van der Waals surface area contributed by atoms with Crippen LogP contribution in [0, 0.1) is 0 Å². The van der Waals surface area contributed by atoms with Crippen molar-refractivity contribution in [2.45, 2.75) is 39.3 Å². The molecule has 0 radical (unpaired) electrons. The quantitative estimate of drug-likeness (QED) is 0.783. The number of nitrogens with zero attached hydrogens (tertiary/aromatic N) is 1. The SMILES string of the molecule is CCC(=O)c1ccc(O[C@@H](C)C(=O)N2CCc3ccccc3C2)cc1. The summed E-state index contributed by atoms with van der Waals surface area (Å²) >= 11 is 0. The first kappa shape index (κ1) is 17.2. The molecule has 0 aromatic heterocycles. The van der Waals surface area contributed by atoms with E-state index in [1.54, 1.807) is 31.2 Å². The molecule has 4 nitrogen and oxygen atoms in total. The summed E-state index contributed by atoms with van der Waals surface area (Å²) in [6.45, 7) is 4.96. The Morgan fingerprint density at radius 1 is 1.08 bits per heavy atom. The first-order chi connectivity index (χ1) is 12.1. The van der Waals surface area contributed by atoms with Crippen LogP contribution in [0.25, 0.3) is 0 Å². The molecule has 0 bridgehead atoms. The van der Waals surface area contributed by atoms with Gasteiger partial charge in [0.2, 0.25) is 0 Å². The van der Waals surface area contributed by atoms with Gasteiger partial charge in [0.25, 0.3) is 5.91 Å². The van der Waals surface area contributed by atoms with E-state index in [2.05, 4.69) is 12.1 Å². The lowest BCUT2D eigenvalue weighted by Crippen LogP contribution is -2.43. The third-order valence-electron chi connectivity index (χ3n) is 4.60. The molecule has 3 rings (SSSR count). The molecule has 0 fully saturated rings. The Labute approximate surface area is 148 Å². The average Bonchev–Trinajstić information content (AvgIpc) is 2.67. The Balaban J connectivity index is 1.62. The highest BCUT2D eigenvalue weighted by atomic mass is 16.5. The van der Waals surface area contributed by atoms with E-state index >= 15 is 0 Å². The van der Waals surface area contributed by atoms with E-state index < -0.39 is 6.10 Å². The molecule has 0 N–H and O–H groups in total. The Morgan fingerprint density at radius 2 is 1.76 bits per heavy atom. The number of amides is 1. The van der Waals surface area contributed by atoms with E-state index in [-0.39, 0.29) is 11.7 Å². The Morgan fingerprint density at radius 3 is 2.44 bits per heavy atom. The number of carbonyl (C=O) groups excluding carboxylic acids is 2. The molecule has 1 aliphatic rings. The minimum absolute atomic E-state index is 0.0109. The van der Waals surface area contributed by atoms with Gasteiger partial charge in [-0.2, -0.15) is 0 Å². The van der Waals surface area contributed by atoms with Gasteiger partial charge >= 0.3 is 0 Å². The maximum Gasteiger partial charge on any atom is 0.263 e. The lowest BCUT2D eigenvalue weighted by molar-refractivity contribution is -0.138. The average molecular weight is 337 g/mol. The van der Waals surface area contributed by atoms with Crippen LogP contribution in [-0.4, -0.2) is 29.2 Å². The van der Waals surface area contributed by atoms with Crippen molar-refractivity contribution >= 4 is 11.7 Å². The van der Waals surface area contributed by atoms with Gasteiger partial charge in [-0.15, -0.1) is 0 Å². The second-order valence-corrected chi connectivity index (χ2v) is 6.34. The maximum absolute atomic E-state index is 12.7. The molecular formula is C21H23NO3. The lowest BCUT2D eigenvalue weighted by Gasteiger charge is -2.31. The first-order valence-electron chi connectivity index (χ1n) is 8.74. The fourth-order valence-electron chi connectivity index (χ4n) is 3.12. The largest absolute Gasteiger partial charge is 0.481 e. The van der Waals surface area contributed by atoms with Gasteiger partial charge in [0, 0.05) is 25.1 Å². The van der Waals surface area contributed by atoms with Gasteiger partial charge in [0.05, 0.1) is 0 Å². The van der Waals surface area contributed by atoms with Crippen molar-refractivity contribution in [1.82, 2.24) is 4.90 Å². The van der Waals surface area contributed by atoms with Gasteiger partial charge in [-0.3, -0.25) is 9.59 Å². The summed E-state index contributed by atoms with van der Waals surface area (Å²) in [4.78, 5) is 26.2. The summed E-state index contributed by atoms with van der Waals surface area (Å²) < 4.78 is 5.78. The first-order valence-corrected chi connectivity index (χ1v) is 8.74. The zero-order chi connectivity index (χ0) is 17.8. The number of hydrogen-bond donors (Lipinski definition) is 0. The number of ketones is 1. The molecule has 4 heteroatoms. The van der Waals surface area contributed by atoms with Crippen molar-refractivity contribution in [2.24, 2.45) is 0 Å². The summed E-state index contributed by atoms with van der Waals surface area (Å²) in [5.74, 6) is 0.691. The lowest BCUT2D eigenvalue weighted by atomic mass is 9.99. The van der Waals surface area contributed by atoms with E-state index in [9.17, 15) is 9.59 Å². The van der Waals surface area contributed by atoms with Crippen molar-refractivity contribution in [3.8, 4) is 5.75 Å². The van der Waals surface area contributed by atoms with E-state index in [1.807, 2.05) is 24.0 Å². The molecule has 1 aliphatic heterocycles. The third-order valence-corrected chi connectivity index (χ3v) is 4.60. The predicted molar refractivity (Wildman–Crippen MR) is 96.7 cm³/mol. The number of rotatable bonds is 5. The Hall–Kier alpha value is -2.62. The van der Waals surface area contributed by atoms with Gasteiger partial charge in [-0.1, -0.05) is 31.2 Å². The molecule has 0 spiro atoms. The summed E-state index contributed by atoms with van der Waals surface area (Å²) in [6, 6.07) is 15.2. The van der Waals surface area contributed by atoms with Gasteiger partial charge < -0.3 is 9.64 Å². The third kappa shape index (κ3) is 3.90. The summed E-state index contributed by atoms with van der Waals surface area (Å²) in [7, 11) is 0. The number of hydrogen-bond acceptors (Lipinski definition) is 3. The Bertz CT molecular complexity index is 767. The minimum Gasteiger partial charge on any atom is -0.481 e. The maximum atomic E-state index is 12.7. The van der Waals surface area contributed by atoms with Crippen LogP contribution in [0.2, 0.25) is 0 Å². The number of benzene rings is 2. The van der Waals surface area contributed by atoms with Crippen molar-refractivity contribution in [3.63, 3.8) is 0 Å². The fraction of sp³-hybridized carbons (Fsp3) is 0.333. The topological polar surface area (TPSA) is 46.6 Å². The zero-order valence-electron chi connectivity index (χ0n) is 14.7. The van der Waals surface area contributed by atoms with Gasteiger partial charge in [-0.25, -0.2) is 0 Å².